The van der Waals surface area contributed by atoms with Crippen LogP contribution in [0.5, 0.6) is 0 Å². The molecule has 0 spiro atoms. The van der Waals surface area contributed by atoms with E-state index in [1.54, 1.807) is 0 Å². The van der Waals surface area contributed by atoms with Gasteiger partial charge in [-0.3, -0.25) is 14.9 Å². The second kappa shape index (κ2) is 3.36. The van der Waals surface area contributed by atoms with Crippen LogP contribution in [0.2, 0.25) is 0 Å². The summed E-state index contributed by atoms with van der Waals surface area (Å²) in [5, 5.41) is 10.3. The Bertz CT molecular complexity index is 420. The molecule has 2 N–H and O–H groups in total. The van der Waals surface area contributed by atoms with Gasteiger partial charge in [0, 0.05) is 0 Å². The second-order valence-electron chi connectivity index (χ2n) is 2.40. The summed E-state index contributed by atoms with van der Waals surface area (Å²) in [6.45, 7) is 0. The van der Waals surface area contributed by atoms with E-state index in [2.05, 4.69) is 0 Å². The molecule has 0 aliphatic rings. The zero-order chi connectivity index (χ0) is 10.9. The fourth-order valence-corrected chi connectivity index (χ4v) is 0.950. The van der Waals surface area contributed by atoms with Crippen LogP contribution in [0.25, 0.3) is 0 Å². The first-order valence-electron chi connectivity index (χ1n) is 3.36. The van der Waals surface area contributed by atoms with E-state index >= 15 is 0 Å². The predicted molar refractivity (Wildman–Crippen MR) is 42.8 cm³/mol. The number of hydrogen-bond donors (Lipinski definition) is 1. The molecule has 7 heteroatoms. The van der Waals surface area contributed by atoms with Gasteiger partial charge in [-0.15, -0.1) is 0 Å². The Morgan fingerprint density at radius 3 is 2.50 bits per heavy atom. The van der Waals surface area contributed by atoms with Crippen molar-refractivity contribution in [2.45, 2.75) is 0 Å². The first-order chi connectivity index (χ1) is 6.49. The van der Waals surface area contributed by atoms with Gasteiger partial charge in [-0.05, 0) is 6.07 Å². The summed E-state index contributed by atoms with van der Waals surface area (Å²) in [4.78, 5) is 19.6. The Labute approximate surface area is 76.3 Å². The van der Waals surface area contributed by atoms with Crippen LogP contribution >= 0.6 is 0 Å². The molecular formula is C7H4F2N2O3. The van der Waals surface area contributed by atoms with E-state index in [9.17, 15) is 23.7 Å². The third kappa shape index (κ3) is 1.39. The molecule has 1 aromatic carbocycles. The molecule has 0 heterocycles. The van der Waals surface area contributed by atoms with Gasteiger partial charge in [-0.25, -0.2) is 8.78 Å². The minimum atomic E-state index is -1.53. The lowest BCUT2D eigenvalue weighted by Crippen LogP contribution is -2.04. The minimum absolute atomic E-state index is 0.0387. The second-order valence-corrected chi connectivity index (χ2v) is 2.40. The van der Waals surface area contributed by atoms with Gasteiger partial charge < -0.3 is 5.73 Å². The lowest BCUT2D eigenvalue weighted by Gasteiger charge is -2.01. The normalized spacial score (nSPS) is 9.86. The molecule has 0 bridgehead atoms. The van der Waals surface area contributed by atoms with Crippen LogP contribution in [0, 0.1) is 21.7 Å². The number of carbonyl (C=O) groups excluding carboxylic acids is 1. The molecule has 5 nitrogen and oxygen atoms in total. The Balaban J connectivity index is 3.61. The summed E-state index contributed by atoms with van der Waals surface area (Å²) in [6.07, 6.45) is 0.0387. The van der Waals surface area contributed by atoms with E-state index in [1.807, 2.05) is 0 Å². The SMILES string of the molecule is Nc1c(F)c(F)cc(C=O)c1[N+](=O)[O-]. The molecule has 0 aromatic heterocycles. The van der Waals surface area contributed by atoms with E-state index in [1.165, 1.54) is 0 Å². The van der Waals surface area contributed by atoms with Crippen LogP contribution in [0.3, 0.4) is 0 Å². The number of carbonyl (C=O) groups is 1. The first kappa shape index (κ1) is 10.0. The molecule has 1 aromatic rings. The number of nitrogens with two attached hydrogens (primary N) is 1. The van der Waals surface area contributed by atoms with Crippen molar-refractivity contribution in [3.8, 4) is 0 Å². The van der Waals surface area contributed by atoms with Crippen LogP contribution < -0.4 is 5.73 Å². The van der Waals surface area contributed by atoms with Crippen molar-refractivity contribution in [3.63, 3.8) is 0 Å². The number of nitrogen functional groups attached to an aromatic ring is 1. The van der Waals surface area contributed by atoms with Crippen LogP contribution in [0.15, 0.2) is 6.07 Å². The lowest BCUT2D eigenvalue weighted by atomic mass is 10.1. The highest BCUT2D eigenvalue weighted by Gasteiger charge is 2.24. The van der Waals surface area contributed by atoms with Crippen molar-refractivity contribution in [2.75, 3.05) is 5.73 Å². The van der Waals surface area contributed by atoms with Crippen molar-refractivity contribution in [1.29, 1.82) is 0 Å². The van der Waals surface area contributed by atoms with Gasteiger partial charge in [0.1, 0.15) is 0 Å². The fourth-order valence-electron chi connectivity index (χ4n) is 0.950. The molecule has 0 unspecified atom stereocenters. The lowest BCUT2D eigenvalue weighted by molar-refractivity contribution is -0.384. The molecular weight excluding hydrogens is 198 g/mol. The predicted octanol–water partition coefficient (Wildman–Crippen LogP) is 1.27. The van der Waals surface area contributed by atoms with E-state index in [0.29, 0.717) is 6.07 Å². The molecule has 1 rings (SSSR count). The van der Waals surface area contributed by atoms with Gasteiger partial charge in [0.2, 0.25) is 0 Å². The van der Waals surface area contributed by atoms with Crippen molar-refractivity contribution in [2.24, 2.45) is 0 Å². The maximum atomic E-state index is 12.7. The highest BCUT2D eigenvalue weighted by molar-refractivity contribution is 5.86. The van der Waals surface area contributed by atoms with Crippen LogP contribution in [-0.4, -0.2) is 11.2 Å². The summed E-state index contributed by atoms with van der Waals surface area (Å²) in [5.41, 5.74) is 2.46. The van der Waals surface area contributed by atoms with E-state index in [0.717, 1.165) is 0 Å². The molecule has 0 saturated heterocycles. The molecule has 0 aliphatic carbocycles. The van der Waals surface area contributed by atoms with Crippen LogP contribution in [-0.2, 0) is 0 Å². The molecule has 0 atom stereocenters. The smallest absolute Gasteiger partial charge is 0.305 e. The third-order valence-corrected chi connectivity index (χ3v) is 1.57. The summed E-state index contributed by atoms with van der Waals surface area (Å²) in [6, 6.07) is 0.427. The minimum Gasteiger partial charge on any atom is -0.391 e. The number of nitro groups is 1. The van der Waals surface area contributed by atoms with Gasteiger partial charge in [0.25, 0.3) is 0 Å². The topological polar surface area (TPSA) is 86.2 Å². The number of anilines is 1. The Hall–Kier alpha value is -2.05. The van der Waals surface area contributed by atoms with Gasteiger partial charge in [0.15, 0.2) is 23.6 Å². The van der Waals surface area contributed by atoms with Crippen molar-refractivity contribution in [3.05, 3.63) is 33.4 Å². The maximum absolute atomic E-state index is 12.7. The Morgan fingerprint density at radius 2 is 2.07 bits per heavy atom. The quantitative estimate of drug-likeness (QED) is 0.338. The molecule has 74 valence electrons. The average Bonchev–Trinajstić information content (AvgIpc) is 2.12. The maximum Gasteiger partial charge on any atom is 0.305 e. The average molecular weight is 202 g/mol. The summed E-state index contributed by atoms with van der Waals surface area (Å²) in [5.74, 6) is -2.92. The standard InChI is InChI=1S/C7H4F2N2O3/c8-4-1-3(2-12)7(11(13)14)6(10)5(4)9/h1-2H,10H2. The molecule has 0 amide bonds. The number of nitro benzene ring substituents is 1. The monoisotopic (exact) mass is 202 g/mol. The summed E-state index contributed by atoms with van der Waals surface area (Å²) in [7, 11) is 0. The molecule has 0 fully saturated rings. The van der Waals surface area contributed by atoms with Crippen molar-refractivity contribution in [1.82, 2.24) is 0 Å². The highest BCUT2D eigenvalue weighted by Crippen LogP contribution is 2.29. The van der Waals surface area contributed by atoms with Gasteiger partial charge >= 0.3 is 5.69 Å². The van der Waals surface area contributed by atoms with Gasteiger partial charge in [0.05, 0.1) is 10.5 Å². The number of nitrogens with zero attached hydrogens (tertiary/aromatic N) is 1. The van der Waals surface area contributed by atoms with E-state index in [-0.39, 0.29) is 6.29 Å². The molecule has 0 saturated carbocycles. The third-order valence-electron chi connectivity index (χ3n) is 1.57. The van der Waals surface area contributed by atoms with Gasteiger partial charge in [-0.1, -0.05) is 0 Å². The summed E-state index contributed by atoms with van der Waals surface area (Å²) >= 11 is 0. The van der Waals surface area contributed by atoms with Gasteiger partial charge in [-0.2, -0.15) is 0 Å². The van der Waals surface area contributed by atoms with E-state index < -0.39 is 33.5 Å². The largest absolute Gasteiger partial charge is 0.391 e. The zero-order valence-corrected chi connectivity index (χ0v) is 6.66. The molecule has 0 radical (unpaired) electrons. The Kier molecular flexibility index (Phi) is 2.41. The zero-order valence-electron chi connectivity index (χ0n) is 6.66. The molecule has 0 aliphatic heterocycles. The highest BCUT2D eigenvalue weighted by atomic mass is 19.2. The van der Waals surface area contributed by atoms with E-state index in [4.69, 9.17) is 5.73 Å². The Morgan fingerprint density at radius 1 is 1.50 bits per heavy atom. The molecule has 14 heavy (non-hydrogen) atoms. The summed E-state index contributed by atoms with van der Waals surface area (Å²) < 4.78 is 25.4. The number of halogens is 2. The van der Waals surface area contributed by atoms with Crippen molar-refractivity contribution >= 4 is 17.7 Å². The number of aldehydes is 1. The van der Waals surface area contributed by atoms with Crippen LogP contribution in [0.4, 0.5) is 20.2 Å². The van der Waals surface area contributed by atoms with Crippen LogP contribution in [0.1, 0.15) is 10.4 Å². The number of benzene rings is 1. The van der Waals surface area contributed by atoms with Crippen molar-refractivity contribution < 1.29 is 18.5 Å². The number of hydrogen-bond acceptors (Lipinski definition) is 4. The number of rotatable bonds is 2. The fraction of sp³-hybridized carbons (Fsp3) is 0. The first-order valence-corrected chi connectivity index (χ1v) is 3.36.